The van der Waals surface area contributed by atoms with Crippen LogP contribution in [0.3, 0.4) is 0 Å². The maximum absolute atomic E-state index is 14.0. The Hall–Kier alpha value is -4.42. The number of methoxy groups -OCH3 is 2. The second-order valence-electron chi connectivity index (χ2n) is 10.1. The third-order valence-corrected chi connectivity index (χ3v) is 10.2. The molecule has 3 atom stereocenters. The van der Waals surface area contributed by atoms with Crippen LogP contribution in [0.4, 0.5) is 15.8 Å². The van der Waals surface area contributed by atoms with Crippen LogP contribution in [0.25, 0.3) is 0 Å². The average Bonchev–Trinajstić information content (AvgIpc) is 3.44. The van der Waals surface area contributed by atoms with Crippen molar-refractivity contribution in [2.45, 2.75) is 29.7 Å². The lowest BCUT2D eigenvalue weighted by atomic mass is 9.83. The molecular weight excluding hydrogens is 593 g/mol. The van der Waals surface area contributed by atoms with Gasteiger partial charge >= 0.3 is 4.87 Å². The predicted octanol–water partition coefficient (Wildman–Crippen LogP) is 4.81. The van der Waals surface area contributed by atoms with Crippen LogP contribution in [-0.2, 0) is 20.9 Å². The summed E-state index contributed by atoms with van der Waals surface area (Å²) in [5.41, 5.74) is 2.41. The number of aromatic nitrogens is 1. The number of thioether (sulfide) groups is 1. The van der Waals surface area contributed by atoms with Gasteiger partial charge in [0.1, 0.15) is 17.6 Å². The molecule has 3 amide bonds. The molecule has 4 aromatic rings. The van der Waals surface area contributed by atoms with E-state index in [1.54, 1.807) is 30.3 Å². The fourth-order valence-corrected chi connectivity index (χ4v) is 8.33. The molecule has 0 unspecified atom stereocenters. The number of fused-ring (bicyclic) bond motifs is 2. The van der Waals surface area contributed by atoms with Gasteiger partial charge in [0.25, 0.3) is 0 Å². The molecule has 3 aromatic carbocycles. The van der Waals surface area contributed by atoms with Crippen molar-refractivity contribution in [1.82, 2.24) is 4.57 Å². The molecule has 43 heavy (non-hydrogen) atoms. The maximum atomic E-state index is 14.0. The number of halogens is 1. The largest absolute Gasteiger partial charge is 0.493 e. The van der Waals surface area contributed by atoms with Gasteiger partial charge < -0.3 is 14.8 Å². The fourth-order valence-electron chi connectivity index (χ4n) is 5.55. The van der Waals surface area contributed by atoms with Crippen molar-refractivity contribution in [3.05, 3.63) is 98.2 Å². The van der Waals surface area contributed by atoms with Crippen LogP contribution in [0.2, 0.25) is 0 Å². The monoisotopic (exact) mass is 619 g/mol. The van der Waals surface area contributed by atoms with Crippen molar-refractivity contribution in [3.63, 3.8) is 0 Å². The van der Waals surface area contributed by atoms with E-state index in [0.717, 1.165) is 33.6 Å². The minimum atomic E-state index is -0.886. The smallest absolute Gasteiger partial charge is 0.308 e. The predicted molar refractivity (Wildman–Crippen MR) is 162 cm³/mol. The summed E-state index contributed by atoms with van der Waals surface area (Å²) in [6, 6.07) is 17.7. The number of carbonyl (C=O) groups excluding carboxylic acids is 3. The molecule has 1 aromatic heterocycles. The van der Waals surface area contributed by atoms with Gasteiger partial charge in [-0.15, -0.1) is 0 Å². The SMILES string of the molecule is COc1ccc([C@@H]2c3sc(=O)n(CC(=O)Nc4ccccc4C)c3S[C@H]3C(=O)N(c4ccc(F)cc4)C(=O)[C@@H]23)cc1OC. The van der Waals surface area contributed by atoms with Gasteiger partial charge in [0.05, 0.1) is 30.9 Å². The van der Waals surface area contributed by atoms with E-state index in [9.17, 15) is 23.6 Å². The zero-order valence-electron chi connectivity index (χ0n) is 23.3. The van der Waals surface area contributed by atoms with Gasteiger partial charge in [0.15, 0.2) is 11.5 Å². The highest BCUT2D eigenvalue weighted by Crippen LogP contribution is 2.54. The maximum Gasteiger partial charge on any atom is 0.308 e. The van der Waals surface area contributed by atoms with Gasteiger partial charge in [0, 0.05) is 16.5 Å². The van der Waals surface area contributed by atoms with Gasteiger partial charge in [-0.1, -0.05) is 47.4 Å². The molecule has 3 heterocycles. The van der Waals surface area contributed by atoms with Gasteiger partial charge in [-0.05, 0) is 60.5 Å². The van der Waals surface area contributed by atoms with Gasteiger partial charge in [-0.25, -0.2) is 9.29 Å². The number of hydrogen-bond acceptors (Lipinski definition) is 8. The van der Waals surface area contributed by atoms with Crippen molar-refractivity contribution in [2.24, 2.45) is 5.92 Å². The van der Waals surface area contributed by atoms with E-state index in [1.165, 1.54) is 43.1 Å². The lowest BCUT2D eigenvalue weighted by Crippen LogP contribution is -2.33. The molecule has 0 radical (unpaired) electrons. The quantitative estimate of drug-likeness (QED) is 0.296. The second kappa shape index (κ2) is 11.3. The van der Waals surface area contributed by atoms with E-state index < -0.39 is 40.6 Å². The number of carbonyl (C=O) groups is 3. The lowest BCUT2D eigenvalue weighted by molar-refractivity contribution is -0.122. The highest BCUT2D eigenvalue weighted by atomic mass is 32.2. The van der Waals surface area contributed by atoms with Crippen LogP contribution in [-0.4, -0.2) is 41.8 Å². The molecule has 1 saturated heterocycles. The molecule has 9 nitrogen and oxygen atoms in total. The summed E-state index contributed by atoms with van der Waals surface area (Å²) in [7, 11) is 3.01. The lowest BCUT2D eigenvalue weighted by Gasteiger charge is -2.31. The highest BCUT2D eigenvalue weighted by Gasteiger charge is 2.57. The Balaban J connectivity index is 1.44. The first-order chi connectivity index (χ1) is 20.7. The number of amides is 3. The van der Waals surface area contributed by atoms with Crippen LogP contribution >= 0.6 is 23.1 Å². The Bertz CT molecular complexity index is 1820. The van der Waals surface area contributed by atoms with Crippen LogP contribution < -0.4 is 24.6 Å². The second-order valence-corrected chi connectivity index (χ2v) is 12.3. The van der Waals surface area contributed by atoms with Crippen molar-refractivity contribution < 1.29 is 28.2 Å². The molecule has 220 valence electrons. The van der Waals surface area contributed by atoms with Crippen molar-refractivity contribution in [1.29, 1.82) is 0 Å². The first-order valence-corrected chi connectivity index (χ1v) is 15.0. The molecule has 0 aliphatic carbocycles. The molecule has 2 aliphatic heterocycles. The Kier molecular flexibility index (Phi) is 7.57. The molecular formula is C31H26FN3O6S2. The number of hydrogen-bond donors (Lipinski definition) is 1. The number of thiazole rings is 1. The molecule has 0 bridgehead atoms. The van der Waals surface area contributed by atoms with E-state index in [-0.39, 0.29) is 17.1 Å². The number of ether oxygens (including phenoxy) is 2. The fraction of sp³-hybridized carbons (Fsp3) is 0.226. The number of anilines is 2. The van der Waals surface area contributed by atoms with Gasteiger partial charge in [-0.3, -0.25) is 23.7 Å². The number of nitrogens with one attached hydrogen (secondary N) is 1. The Morgan fingerprint density at radius 1 is 0.953 bits per heavy atom. The Labute approximate surface area is 254 Å². The summed E-state index contributed by atoms with van der Waals surface area (Å²) in [4.78, 5) is 55.6. The number of aryl methyl sites for hydroxylation is 1. The van der Waals surface area contributed by atoms with E-state index >= 15 is 0 Å². The van der Waals surface area contributed by atoms with Gasteiger partial charge in [0.2, 0.25) is 17.7 Å². The van der Waals surface area contributed by atoms with Crippen LogP contribution in [0.1, 0.15) is 21.9 Å². The Morgan fingerprint density at radius 2 is 1.67 bits per heavy atom. The van der Waals surface area contributed by atoms with Crippen molar-refractivity contribution >= 4 is 52.2 Å². The highest BCUT2D eigenvalue weighted by molar-refractivity contribution is 8.00. The summed E-state index contributed by atoms with van der Waals surface area (Å²) < 4.78 is 26.0. The number of para-hydroxylation sites is 1. The topological polar surface area (TPSA) is 107 Å². The molecule has 12 heteroatoms. The zero-order chi connectivity index (χ0) is 30.4. The van der Waals surface area contributed by atoms with Crippen LogP contribution in [0.5, 0.6) is 11.5 Å². The number of benzene rings is 3. The van der Waals surface area contributed by atoms with E-state index in [4.69, 9.17) is 9.47 Å². The normalized spacial score (nSPS) is 19.2. The molecule has 1 N–H and O–H groups in total. The standard InChI is InChI=1S/C31H26FN3O6S2/c1-16-6-4-5-7-20(16)33-23(36)15-34-30-27(43-31(34)39)24(17-8-13-21(40-2)22(14-17)41-3)25-26(42-30)29(38)35(28(25)37)19-11-9-18(32)10-12-19/h4-14,24-26H,15H2,1-3H3,(H,33,36)/t24-,25-,26+/m0/s1. The summed E-state index contributed by atoms with van der Waals surface area (Å²) in [5, 5.41) is 2.43. The minimum Gasteiger partial charge on any atom is -0.493 e. The first kappa shape index (κ1) is 28.7. The molecule has 1 fully saturated rings. The third kappa shape index (κ3) is 5.00. The first-order valence-electron chi connectivity index (χ1n) is 13.3. The van der Waals surface area contributed by atoms with E-state index in [1.807, 2.05) is 19.1 Å². The van der Waals surface area contributed by atoms with E-state index in [0.29, 0.717) is 32.7 Å². The Morgan fingerprint density at radius 3 is 2.37 bits per heavy atom. The summed E-state index contributed by atoms with van der Waals surface area (Å²) >= 11 is 2.06. The number of imide groups is 1. The van der Waals surface area contributed by atoms with E-state index in [2.05, 4.69) is 5.32 Å². The molecule has 0 spiro atoms. The number of nitrogens with zero attached hydrogens (tertiary/aromatic N) is 2. The van der Waals surface area contributed by atoms with Gasteiger partial charge in [-0.2, -0.15) is 0 Å². The summed E-state index contributed by atoms with van der Waals surface area (Å²) in [6.07, 6.45) is 0. The third-order valence-electron chi connectivity index (χ3n) is 7.62. The summed E-state index contributed by atoms with van der Waals surface area (Å²) in [6.45, 7) is 1.60. The molecule has 0 saturated carbocycles. The summed E-state index contributed by atoms with van der Waals surface area (Å²) in [5.74, 6) is -2.47. The van der Waals surface area contributed by atoms with Crippen LogP contribution in [0.15, 0.2) is 76.6 Å². The van der Waals surface area contributed by atoms with Crippen LogP contribution in [0, 0.1) is 18.7 Å². The molecule has 2 aliphatic rings. The average molecular weight is 620 g/mol. The van der Waals surface area contributed by atoms with Crippen molar-refractivity contribution in [3.8, 4) is 11.5 Å². The number of rotatable bonds is 7. The van der Waals surface area contributed by atoms with Crippen molar-refractivity contribution in [2.75, 3.05) is 24.4 Å². The minimum absolute atomic E-state index is 0.260. The zero-order valence-corrected chi connectivity index (χ0v) is 25.0. The molecule has 6 rings (SSSR count).